The standard InChI is InChI=1S/C34H39N5O4/c1-23-7-8-24(2)30(19-23)27-11-14-32-35-33(25-9-12-28(13-10-25)39(41)42)31(38(32)21-27)22-36-15-17-37(18-16-36)34(40)26-5-4-6-29(20-26)43-3/h7-14,19,21,26,29H,4-6,15-18,20,22H2,1-3H3/t26-,29-/m0/s1. The van der Waals surface area contributed by atoms with Crippen LogP contribution in [0.1, 0.15) is 42.5 Å². The molecule has 1 aliphatic carbocycles. The molecule has 3 heterocycles. The first-order valence-corrected chi connectivity index (χ1v) is 15.2. The Morgan fingerprint density at radius 2 is 1.74 bits per heavy atom. The molecule has 2 aromatic heterocycles. The number of amides is 1. The van der Waals surface area contributed by atoms with Gasteiger partial charge in [0.05, 0.1) is 22.4 Å². The zero-order valence-electron chi connectivity index (χ0n) is 25.2. The van der Waals surface area contributed by atoms with E-state index in [4.69, 9.17) is 9.72 Å². The predicted molar refractivity (Wildman–Crippen MR) is 167 cm³/mol. The van der Waals surface area contributed by atoms with Crippen LogP contribution in [0, 0.1) is 29.9 Å². The van der Waals surface area contributed by atoms with Crippen molar-refractivity contribution in [3.63, 3.8) is 0 Å². The van der Waals surface area contributed by atoms with E-state index in [2.05, 4.69) is 53.6 Å². The summed E-state index contributed by atoms with van der Waals surface area (Å²) in [5, 5.41) is 11.3. The summed E-state index contributed by atoms with van der Waals surface area (Å²) >= 11 is 0. The molecule has 0 radical (unpaired) electrons. The van der Waals surface area contributed by atoms with Crippen molar-refractivity contribution in [2.24, 2.45) is 5.92 Å². The number of hydrogen-bond donors (Lipinski definition) is 0. The number of ether oxygens (including phenoxy) is 1. The van der Waals surface area contributed by atoms with Crippen LogP contribution in [0.25, 0.3) is 28.0 Å². The van der Waals surface area contributed by atoms with E-state index < -0.39 is 0 Å². The van der Waals surface area contributed by atoms with Crippen molar-refractivity contribution in [2.75, 3.05) is 33.3 Å². The number of fused-ring (bicyclic) bond motifs is 1. The number of hydrogen-bond acceptors (Lipinski definition) is 6. The van der Waals surface area contributed by atoms with Crippen LogP contribution in [-0.2, 0) is 16.1 Å². The molecule has 0 unspecified atom stereocenters. The number of aromatic nitrogens is 2. The molecule has 4 aromatic rings. The number of nitro benzene ring substituents is 1. The quantitative estimate of drug-likeness (QED) is 0.195. The first kappa shape index (κ1) is 29.0. The van der Waals surface area contributed by atoms with E-state index in [0.29, 0.717) is 19.6 Å². The van der Waals surface area contributed by atoms with Gasteiger partial charge in [0, 0.05) is 69.6 Å². The lowest BCUT2D eigenvalue weighted by molar-refractivity contribution is -0.384. The Morgan fingerprint density at radius 1 is 1.00 bits per heavy atom. The molecule has 224 valence electrons. The highest BCUT2D eigenvalue weighted by atomic mass is 16.6. The maximum absolute atomic E-state index is 13.3. The van der Waals surface area contributed by atoms with Gasteiger partial charge >= 0.3 is 0 Å². The fourth-order valence-corrected chi connectivity index (χ4v) is 6.60. The average Bonchev–Trinajstić information content (AvgIpc) is 3.39. The zero-order valence-corrected chi connectivity index (χ0v) is 25.2. The van der Waals surface area contributed by atoms with Crippen molar-refractivity contribution >= 4 is 17.2 Å². The molecule has 6 rings (SSSR count). The number of piperazine rings is 1. The monoisotopic (exact) mass is 581 g/mol. The second kappa shape index (κ2) is 12.3. The van der Waals surface area contributed by atoms with Gasteiger partial charge in [-0.15, -0.1) is 0 Å². The van der Waals surface area contributed by atoms with Crippen molar-refractivity contribution in [3.8, 4) is 22.4 Å². The molecule has 2 atom stereocenters. The highest BCUT2D eigenvalue weighted by Gasteiger charge is 2.32. The van der Waals surface area contributed by atoms with Crippen molar-refractivity contribution in [1.29, 1.82) is 0 Å². The molecule has 1 amide bonds. The number of non-ortho nitro benzene ring substituents is 1. The van der Waals surface area contributed by atoms with Gasteiger partial charge in [-0.2, -0.15) is 0 Å². The Hall–Kier alpha value is -4.08. The van der Waals surface area contributed by atoms with Crippen LogP contribution < -0.4 is 0 Å². The Labute approximate surface area is 252 Å². The van der Waals surface area contributed by atoms with Crippen LogP contribution in [0.5, 0.6) is 0 Å². The molecular formula is C34H39N5O4. The van der Waals surface area contributed by atoms with E-state index in [1.807, 2.05) is 11.0 Å². The summed E-state index contributed by atoms with van der Waals surface area (Å²) in [4.78, 5) is 33.7. The fraction of sp³-hybridized carbons (Fsp3) is 0.412. The highest BCUT2D eigenvalue weighted by molar-refractivity contribution is 5.79. The molecule has 1 aliphatic heterocycles. The van der Waals surface area contributed by atoms with Crippen LogP contribution in [-0.4, -0.2) is 69.4 Å². The zero-order chi connectivity index (χ0) is 30.1. The molecule has 0 spiro atoms. The largest absolute Gasteiger partial charge is 0.381 e. The Kier molecular flexibility index (Phi) is 8.27. The van der Waals surface area contributed by atoms with Crippen LogP contribution >= 0.6 is 0 Å². The van der Waals surface area contributed by atoms with Crippen LogP contribution in [0.3, 0.4) is 0 Å². The number of rotatable bonds is 7. The molecule has 0 N–H and O–H groups in total. The maximum atomic E-state index is 13.3. The van der Waals surface area contributed by atoms with E-state index >= 15 is 0 Å². The number of imidazole rings is 1. The van der Waals surface area contributed by atoms with Gasteiger partial charge in [-0.3, -0.25) is 19.8 Å². The molecule has 2 aromatic carbocycles. The number of nitrogens with zero attached hydrogens (tertiary/aromatic N) is 5. The summed E-state index contributed by atoms with van der Waals surface area (Å²) in [5.41, 5.74) is 8.29. The second-order valence-corrected chi connectivity index (χ2v) is 12.0. The fourth-order valence-electron chi connectivity index (χ4n) is 6.60. The van der Waals surface area contributed by atoms with Gasteiger partial charge in [-0.25, -0.2) is 4.98 Å². The first-order valence-electron chi connectivity index (χ1n) is 15.2. The Balaban J connectivity index is 1.29. The lowest BCUT2D eigenvalue weighted by Gasteiger charge is -2.38. The molecule has 9 heteroatoms. The third kappa shape index (κ3) is 6.05. The summed E-state index contributed by atoms with van der Waals surface area (Å²) in [6.45, 7) is 7.83. The van der Waals surface area contributed by atoms with Gasteiger partial charge in [0.15, 0.2) is 0 Å². The topological polar surface area (TPSA) is 93.2 Å². The summed E-state index contributed by atoms with van der Waals surface area (Å²) in [7, 11) is 1.74. The summed E-state index contributed by atoms with van der Waals surface area (Å²) < 4.78 is 7.73. The normalized spacial score (nSPS) is 19.6. The summed E-state index contributed by atoms with van der Waals surface area (Å²) in [6.07, 6.45) is 6.18. The minimum atomic E-state index is -0.381. The van der Waals surface area contributed by atoms with E-state index in [9.17, 15) is 14.9 Å². The van der Waals surface area contributed by atoms with Gasteiger partial charge in [0.25, 0.3) is 5.69 Å². The summed E-state index contributed by atoms with van der Waals surface area (Å²) in [6, 6.07) is 17.3. The van der Waals surface area contributed by atoms with Gasteiger partial charge < -0.3 is 14.0 Å². The number of nitro groups is 1. The minimum Gasteiger partial charge on any atom is -0.381 e. The third-order valence-corrected chi connectivity index (χ3v) is 9.14. The lowest BCUT2D eigenvalue weighted by atomic mass is 9.86. The average molecular weight is 582 g/mol. The molecular weight excluding hydrogens is 542 g/mol. The number of aryl methyl sites for hydroxylation is 2. The van der Waals surface area contributed by atoms with Crippen LogP contribution in [0.15, 0.2) is 60.8 Å². The van der Waals surface area contributed by atoms with Gasteiger partial charge in [0.2, 0.25) is 5.91 Å². The molecule has 43 heavy (non-hydrogen) atoms. The van der Waals surface area contributed by atoms with Crippen molar-refractivity contribution < 1.29 is 14.5 Å². The minimum absolute atomic E-state index is 0.0567. The van der Waals surface area contributed by atoms with E-state index in [1.54, 1.807) is 19.2 Å². The predicted octanol–water partition coefficient (Wildman–Crippen LogP) is 6.04. The number of carbonyl (C=O) groups excluding carboxylic acids is 1. The molecule has 9 nitrogen and oxygen atoms in total. The van der Waals surface area contributed by atoms with Crippen LogP contribution in [0.2, 0.25) is 0 Å². The lowest BCUT2D eigenvalue weighted by Crippen LogP contribution is -2.50. The second-order valence-electron chi connectivity index (χ2n) is 12.0. The highest BCUT2D eigenvalue weighted by Crippen LogP contribution is 2.32. The van der Waals surface area contributed by atoms with Gasteiger partial charge in [-0.05, 0) is 74.1 Å². The van der Waals surface area contributed by atoms with E-state index in [1.165, 1.54) is 28.8 Å². The number of methoxy groups -OCH3 is 1. The smallest absolute Gasteiger partial charge is 0.269 e. The van der Waals surface area contributed by atoms with Crippen molar-refractivity contribution in [1.82, 2.24) is 19.2 Å². The van der Waals surface area contributed by atoms with Crippen molar-refractivity contribution in [2.45, 2.75) is 52.2 Å². The van der Waals surface area contributed by atoms with Crippen LogP contribution in [0.4, 0.5) is 5.69 Å². The molecule has 1 saturated heterocycles. The molecule has 2 fully saturated rings. The summed E-state index contributed by atoms with van der Waals surface area (Å²) in [5.74, 6) is 0.321. The third-order valence-electron chi connectivity index (χ3n) is 9.14. The van der Waals surface area contributed by atoms with Crippen molar-refractivity contribution in [3.05, 3.63) is 87.7 Å². The molecule has 2 aliphatic rings. The van der Waals surface area contributed by atoms with E-state index in [0.717, 1.165) is 66.9 Å². The SMILES string of the molecule is CO[C@H]1CCC[C@H](C(=O)N2CCN(Cc3c(-c4ccc([N+](=O)[O-])cc4)nc4ccc(-c5cc(C)ccc5C)cn34)CC2)C1. The Morgan fingerprint density at radius 3 is 2.47 bits per heavy atom. The first-order chi connectivity index (χ1) is 20.8. The number of carbonyl (C=O) groups is 1. The number of pyridine rings is 1. The molecule has 0 bridgehead atoms. The van der Waals surface area contributed by atoms with Gasteiger partial charge in [0.1, 0.15) is 5.65 Å². The van der Waals surface area contributed by atoms with E-state index in [-0.39, 0.29) is 28.5 Å². The number of benzene rings is 2. The molecule has 1 saturated carbocycles. The maximum Gasteiger partial charge on any atom is 0.269 e. The van der Waals surface area contributed by atoms with Gasteiger partial charge in [-0.1, -0.05) is 30.2 Å². The Bertz CT molecular complexity index is 1640.